The number of benzene rings is 1. The van der Waals surface area contributed by atoms with Crippen LogP contribution in [0.3, 0.4) is 0 Å². The van der Waals surface area contributed by atoms with E-state index in [1.54, 1.807) is 0 Å². The van der Waals surface area contributed by atoms with E-state index in [0.29, 0.717) is 17.7 Å². The Bertz CT molecular complexity index is 407. The van der Waals surface area contributed by atoms with Crippen LogP contribution in [0, 0.1) is 0 Å². The summed E-state index contributed by atoms with van der Waals surface area (Å²) in [5.74, 6) is 0.775. The van der Waals surface area contributed by atoms with Gasteiger partial charge < -0.3 is 15.4 Å². The van der Waals surface area contributed by atoms with Gasteiger partial charge in [0, 0.05) is 12.6 Å². The molecule has 0 spiro atoms. The second-order valence-electron chi connectivity index (χ2n) is 5.13. The van der Waals surface area contributed by atoms with E-state index in [4.69, 9.17) is 22.1 Å². The molecular formula is C15H24Cl2N2O. The highest BCUT2D eigenvalue weighted by Gasteiger charge is 2.15. The van der Waals surface area contributed by atoms with Crippen LogP contribution >= 0.6 is 24.0 Å². The van der Waals surface area contributed by atoms with Gasteiger partial charge in [-0.25, -0.2) is 0 Å². The van der Waals surface area contributed by atoms with Crippen LogP contribution in [0.5, 0.6) is 5.75 Å². The maximum Gasteiger partial charge on any atom is 0.137 e. The summed E-state index contributed by atoms with van der Waals surface area (Å²) >= 11 is 6.19. The minimum Gasteiger partial charge on any atom is -0.492 e. The van der Waals surface area contributed by atoms with Gasteiger partial charge in [-0.15, -0.1) is 12.4 Å². The van der Waals surface area contributed by atoms with Gasteiger partial charge in [-0.3, -0.25) is 0 Å². The number of likely N-dealkylation sites (tertiary alicyclic amines) is 1. The molecule has 0 aliphatic carbocycles. The van der Waals surface area contributed by atoms with E-state index in [-0.39, 0.29) is 12.4 Å². The average Bonchev–Trinajstić information content (AvgIpc) is 2.41. The first-order chi connectivity index (χ1) is 9.19. The molecular weight excluding hydrogens is 295 g/mol. The highest BCUT2D eigenvalue weighted by Crippen LogP contribution is 2.25. The maximum atomic E-state index is 6.19. The second kappa shape index (κ2) is 8.73. The molecule has 0 aromatic heterocycles. The van der Waals surface area contributed by atoms with Crippen molar-refractivity contribution in [2.75, 3.05) is 26.2 Å². The Morgan fingerprint density at radius 1 is 1.35 bits per heavy atom. The quantitative estimate of drug-likeness (QED) is 0.906. The lowest BCUT2D eigenvalue weighted by Crippen LogP contribution is -2.40. The second-order valence-corrected chi connectivity index (χ2v) is 5.53. The van der Waals surface area contributed by atoms with E-state index >= 15 is 0 Å². The van der Waals surface area contributed by atoms with Crippen molar-refractivity contribution in [1.29, 1.82) is 0 Å². The molecule has 0 amide bonds. The Hall–Kier alpha value is -0.480. The van der Waals surface area contributed by atoms with E-state index in [0.717, 1.165) is 44.6 Å². The smallest absolute Gasteiger partial charge is 0.137 e. The number of rotatable bonds is 5. The molecule has 0 unspecified atom stereocenters. The zero-order valence-electron chi connectivity index (χ0n) is 12.0. The number of ether oxygens (including phenoxy) is 1. The maximum absolute atomic E-state index is 6.19. The van der Waals surface area contributed by atoms with Crippen molar-refractivity contribution in [1.82, 2.24) is 4.90 Å². The first kappa shape index (κ1) is 17.6. The van der Waals surface area contributed by atoms with Gasteiger partial charge in [0.2, 0.25) is 0 Å². The van der Waals surface area contributed by atoms with E-state index in [2.05, 4.69) is 11.0 Å². The Balaban J connectivity index is 0.00000200. The van der Waals surface area contributed by atoms with Crippen LogP contribution in [0.25, 0.3) is 0 Å². The van der Waals surface area contributed by atoms with Crippen LogP contribution in [0.2, 0.25) is 5.02 Å². The highest BCUT2D eigenvalue weighted by molar-refractivity contribution is 6.32. The lowest BCUT2D eigenvalue weighted by Gasteiger charge is -2.30. The summed E-state index contributed by atoms with van der Waals surface area (Å²) in [5.41, 5.74) is 7.18. The third-order valence-corrected chi connectivity index (χ3v) is 3.94. The molecule has 2 N–H and O–H groups in total. The Morgan fingerprint density at radius 3 is 2.65 bits per heavy atom. The van der Waals surface area contributed by atoms with E-state index in [1.807, 2.05) is 19.1 Å². The highest BCUT2D eigenvalue weighted by atomic mass is 35.5. The third-order valence-electron chi connectivity index (χ3n) is 3.65. The van der Waals surface area contributed by atoms with Gasteiger partial charge in [0.15, 0.2) is 0 Å². The summed E-state index contributed by atoms with van der Waals surface area (Å²) in [6.45, 7) is 5.92. The molecule has 1 aromatic rings. The molecule has 2 rings (SSSR count). The molecule has 1 fully saturated rings. The molecule has 0 saturated carbocycles. The van der Waals surface area contributed by atoms with Gasteiger partial charge in [0.25, 0.3) is 0 Å². The summed E-state index contributed by atoms with van der Waals surface area (Å²) in [7, 11) is 0. The van der Waals surface area contributed by atoms with Gasteiger partial charge in [-0.2, -0.15) is 0 Å². The summed E-state index contributed by atoms with van der Waals surface area (Å²) < 4.78 is 5.44. The van der Waals surface area contributed by atoms with Crippen LogP contribution in [-0.4, -0.2) is 37.2 Å². The first-order valence-corrected chi connectivity index (χ1v) is 7.46. The number of hydrogen-bond acceptors (Lipinski definition) is 3. The number of piperidine rings is 1. The number of hydrogen-bond donors (Lipinski definition) is 1. The normalized spacial score (nSPS) is 16.8. The zero-order chi connectivity index (χ0) is 13.7. The van der Waals surface area contributed by atoms with Crippen molar-refractivity contribution in [3.8, 4) is 5.75 Å². The van der Waals surface area contributed by atoms with Crippen LogP contribution in [0.15, 0.2) is 18.2 Å². The fourth-order valence-corrected chi connectivity index (χ4v) is 2.69. The molecule has 5 heteroatoms. The predicted molar refractivity (Wildman–Crippen MR) is 87.2 cm³/mol. The summed E-state index contributed by atoms with van der Waals surface area (Å²) in [5, 5.41) is 0.708. The molecule has 1 saturated heterocycles. The summed E-state index contributed by atoms with van der Waals surface area (Å²) in [6.07, 6.45) is 3.26. The average molecular weight is 319 g/mol. The van der Waals surface area contributed by atoms with Crippen molar-refractivity contribution in [2.45, 2.75) is 32.2 Å². The van der Waals surface area contributed by atoms with Crippen molar-refractivity contribution < 1.29 is 4.74 Å². The first-order valence-electron chi connectivity index (χ1n) is 7.08. The minimum absolute atomic E-state index is 0. The Morgan fingerprint density at radius 2 is 2.05 bits per heavy atom. The van der Waals surface area contributed by atoms with Gasteiger partial charge in [0.1, 0.15) is 5.75 Å². The van der Waals surface area contributed by atoms with Gasteiger partial charge in [-0.05, 0) is 57.0 Å². The molecule has 114 valence electrons. The molecule has 1 aliphatic rings. The minimum atomic E-state index is 0. The fraction of sp³-hybridized carbons (Fsp3) is 0.600. The van der Waals surface area contributed by atoms with Gasteiger partial charge in [0.05, 0.1) is 11.6 Å². The number of nitrogens with zero attached hydrogens (tertiary/aromatic N) is 1. The predicted octanol–water partition coefficient (Wildman–Crippen LogP) is 3.13. The van der Waals surface area contributed by atoms with E-state index < -0.39 is 0 Å². The molecule has 0 radical (unpaired) electrons. The SMILES string of the molecule is CCOc1ccc(CCN2CCC(N)CC2)cc1Cl.Cl. The van der Waals surface area contributed by atoms with Crippen LogP contribution < -0.4 is 10.5 Å². The van der Waals surface area contributed by atoms with Crippen molar-refractivity contribution >= 4 is 24.0 Å². The van der Waals surface area contributed by atoms with Crippen molar-refractivity contribution in [3.63, 3.8) is 0 Å². The largest absolute Gasteiger partial charge is 0.492 e. The van der Waals surface area contributed by atoms with Crippen LogP contribution in [0.4, 0.5) is 0 Å². The number of halogens is 2. The molecule has 1 aromatic carbocycles. The molecule has 3 nitrogen and oxygen atoms in total. The molecule has 0 bridgehead atoms. The van der Waals surface area contributed by atoms with Crippen molar-refractivity contribution in [2.24, 2.45) is 5.73 Å². The van der Waals surface area contributed by atoms with Crippen LogP contribution in [-0.2, 0) is 6.42 Å². The monoisotopic (exact) mass is 318 g/mol. The summed E-state index contributed by atoms with van der Waals surface area (Å²) in [6, 6.07) is 6.48. The standard InChI is InChI=1S/C15H23ClN2O.ClH/c1-2-19-15-4-3-12(11-14(15)16)5-8-18-9-6-13(17)7-10-18;/h3-4,11,13H,2,5-10,17H2,1H3;1H. The molecule has 1 heterocycles. The van der Waals surface area contributed by atoms with Gasteiger partial charge >= 0.3 is 0 Å². The topological polar surface area (TPSA) is 38.5 Å². The van der Waals surface area contributed by atoms with Crippen molar-refractivity contribution in [3.05, 3.63) is 28.8 Å². The molecule has 0 atom stereocenters. The number of nitrogens with two attached hydrogens (primary N) is 1. The lowest BCUT2D eigenvalue weighted by atomic mass is 10.1. The third kappa shape index (κ3) is 5.13. The van der Waals surface area contributed by atoms with Crippen LogP contribution in [0.1, 0.15) is 25.3 Å². The van der Waals surface area contributed by atoms with E-state index in [9.17, 15) is 0 Å². The van der Waals surface area contributed by atoms with E-state index in [1.165, 1.54) is 5.56 Å². The molecule has 20 heavy (non-hydrogen) atoms. The fourth-order valence-electron chi connectivity index (χ4n) is 2.44. The lowest BCUT2D eigenvalue weighted by molar-refractivity contribution is 0.215. The Kier molecular flexibility index (Phi) is 7.67. The summed E-state index contributed by atoms with van der Waals surface area (Å²) in [4.78, 5) is 2.48. The Labute approximate surface area is 132 Å². The van der Waals surface area contributed by atoms with Gasteiger partial charge in [-0.1, -0.05) is 17.7 Å². The molecule has 1 aliphatic heterocycles. The zero-order valence-corrected chi connectivity index (χ0v) is 13.6.